The van der Waals surface area contributed by atoms with Gasteiger partial charge in [0.15, 0.2) is 6.29 Å². The van der Waals surface area contributed by atoms with Crippen LogP contribution in [0, 0.1) is 0 Å². The van der Waals surface area contributed by atoms with Crippen molar-refractivity contribution in [3.05, 3.63) is 0 Å². The van der Waals surface area contributed by atoms with Crippen LogP contribution in [0.4, 0.5) is 0 Å². The van der Waals surface area contributed by atoms with Crippen LogP contribution in [0.2, 0.25) is 0 Å². The summed E-state index contributed by atoms with van der Waals surface area (Å²) in [6, 6.07) is -0.228. The fraction of sp³-hybridized carbons (Fsp3) is 0.857. The largest absolute Gasteiger partial charge is 0.353 e. The van der Waals surface area contributed by atoms with Gasteiger partial charge in [-0.05, 0) is 26.7 Å². The summed E-state index contributed by atoms with van der Waals surface area (Å²) in [5, 5.41) is 0. The molecule has 2 aliphatic rings. The Balaban J connectivity index is 1.88. The van der Waals surface area contributed by atoms with Crippen molar-refractivity contribution in [3.8, 4) is 0 Å². The van der Waals surface area contributed by atoms with Gasteiger partial charge < -0.3 is 19.3 Å². The van der Waals surface area contributed by atoms with Crippen LogP contribution < -0.4 is 0 Å². The van der Waals surface area contributed by atoms with E-state index in [1.54, 1.807) is 9.80 Å². The van der Waals surface area contributed by atoms with Gasteiger partial charge in [0.1, 0.15) is 6.04 Å². The third kappa shape index (κ3) is 3.30. The van der Waals surface area contributed by atoms with Crippen LogP contribution in [0.15, 0.2) is 0 Å². The zero-order valence-corrected chi connectivity index (χ0v) is 12.3. The lowest BCUT2D eigenvalue weighted by molar-refractivity contribution is -0.159. The molecule has 0 aliphatic carbocycles. The number of rotatable bonds is 7. The Kier molecular flexibility index (Phi) is 5.37. The molecule has 20 heavy (non-hydrogen) atoms. The van der Waals surface area contributed by atoms with E-state index in [1.165, 1.54) is 0 Å². The summed E-state index contributed by atoms with van der Waals surface area (Å²) >= 11 is 0. The van der Waals surface area contributed by atoms with Crippen LogP contribution in [0.5, 0.6) is 0 Å². The van der Waals surface area contributed by atoms with E-state index < -0.39 is 0 Å². The molecule has 2 fully saturated rings. The van der Waals surface area contributed by atoms with Crippen LogP contribution >= 0.6 is 0 Å². The zero-order chi connectivity index (χ0) is 14.5. The van der Waals surface area contributed by atoms with Crippen molar-refractivity contribution in [2.24, 2.45) is 0 Å². The lowest BCUT2D eigenvalue weighted by Crippen LogP contribution is -2.57. The molecule has 6 heteroatoms. The van der Waals surface area contributed by atoms with Gasteiger partial charge in [0.05, 0.1) is 6.54 Å². The summed E-state index contributed by atoms with van der Waals surface area (Å²) in [6.45, 7) is 6.42. The van der Waals surface area contributed by atoms with Gasteiger partial charge in [-0.2, -0.15) is 0 Å². The molecule has 2 heterocycles. The number of hydrogen-bond acceptors (Lipinski definition) is 4. The molecule has 0 aromatic carbocycles. The Hall–Kier alpha value is -1.14. The highest BCUT2D eigenvalue weighted by atomic mass is 16.7. The molecule has 1 unspecified atom stereocenters. The van der Waals surface area contributed by atoms with Gasteiger partial charge in [-0.25, -0.2) is 0 Å². The summed E-state index contributed by atoms with van der Waals surface area (Å²) in [6.07, 6.45) is 2.03. The molecule has 0 aromatic heterocycles. The molecule has 2 rings (SSSR count). The third-order valence-corrected chi connectivity index (χ3v) is 3.84. The van der Waals surface area contributed by atoms with Gasteiger partial charge >= 0.3 is 0 Å². The molecular weight excluding hydrogens is 260 g/mol. The number of hydrogen-bond donors (Lipinski definition) is 0. The highest BCUT2D eigenvalue weighted by Crippen LogP contribution is 2.23. The molecule has 0 bridgehead atoms. The van der Waals surface area contributed by atoms with Gasteiger partial charge in [-0.1, -0.05) is 0 Å². The van der Waals surface area contributed by atoms with E-state index in [9.17, 15) is 9.59 Å². The van der Waals surface area contributed by atoms with Crippen molar-refractivity contribution >= 4 is 11.8 Å². The lowest BCUT2D eigenvalue weighted by atomic mass is 10.1. The van der Waals surface area contributed by atoms with Crippen LogP contribution in [0.25, 0.3) is 0 Å². The van der Waals surface area contributed by atoms with E-state index >= 15 is 0 Å². The molecule has 0 radical (unpaired) electrons. The molecule has 0 N–H and O–H groups in total. The van der Waals surface area contributed by atoms with Crippen LogP contribution in [0.3, 0.4) is 0 Å². The Bertz CT molecular complexity index is 355. The minimum Gasteiger partial charge on any atom is -0.353 e. The first-order valence-corrected chi connectivity index (χ1v) is 7.48. The van der Waals surface area contributed by atoms with Crippen LogP contribution in [-0.4, -0.2) is 66.8 Å². The van der Waals surface area contributed by atoms with Crippen LogP contribution in [-0.2, 0) is 19.1 Å². The summed E-state index contributed by atoms with van der Waals surface area (Å²) < 4.78 is 10.9. The minimum atomic E-state index is -0.297. The van der Waals surface area contributed by atoms with Gasteiger partial charge in [-0.15, -0.1) is 0 Å². The molecule has 0 spiro atoms. The monoisotopic (exact) mass is 284 g/mol. The Morgan fingerprint density at radius 3 is 2.60 bits per heavy atom. The van der Waals surface area contributed by atoms with Crippen molar-refractivity contribution in [2.75, 3.05) is 32.8 Å². The first kappa shape index (κ1) is 15.3. The zero-order valence-electron chi connectivity index (χ0n) is 12.3. The van der Waals surface area contributed by atoms with Crippen molar-refractivity contribution in [1.82, 2.24) is 9.80 Å². The van der Waals surface area contributed by atoms with Gasteiger partial charge in [0, 0.05) is 32.7 Å². The SMILES string of the molecule is CCOC(CCN1CC(=O)N2CCCC2C1=O)OCC. The molecule has 0 aromatic rings. The first-order valence-electron chi connectivity index (χ1n) is 7.48. The lowest BCUT2D eigenvalue weighted by Gasteiger charge is -2.36. The molecular formula is C14H24N2O4. The molecule has 1 atom stereocenters. The minimum absolute atomic E-state index is 0.0662. The third-order valence-electron chi connectivity index (χ3n) is 3.84. The van der Waals surface area contributed by atoms with Crippen molar-refractivity contribution < 1.29 is 19.1 Å². The summed E-state index contributed by atoms with van der Waals surface area (Å²) in [7, 11) is 0. The van der Waals surface area contributed by atoms with E-state index in [4.69, 9.17) is 9.47 Å². The number of fused-ring (bicyclic) bond motifs is 1. The number of carbonyl (C=O) groups is 2. The number of carbonyl (C=O) groups excluding carboxylic acids is 2. The second-order valence-corrected chi connectivity index (χ2v) is 5.13. The fourth-order valence-corrected chi connectivity index (χ4v) is 2.90. The van der Waals surface area contributed by atoms with E-state index in [0.717, 1.165) is 19.4 Å². The molecule has 6 nitrogen and oxygen atoms in total. The Morgan fingerprint density at radius 2 is 1.95 bits per heavy atom. The van der Waals surface area contributed by atoms with Crippen LogP contribution in [0.1, 0.15) is 33.1 Å². The van der Waals surface area contributed by atoms with E-state index in [-0.39, 0.29) is 30.7 Å². The van der Waals surface area contributed by atoms with E-state index in [0.29, 0.717) is 26.2 Å². The number of ether oxygens (including phenoxy) is 2. The molecule has 2 aliphatic heterocycles. The maximum atomic E-state index is 12.3. The van der Waals surface area contributed by atoms with Crippen molar-refractivity contribution in [2.45, 2.75) is 45.4 Å². The maximum absolute atomic E-state index is 12.3. The predicted molar refractivity (Wildman–Crippen MR) is 73.0 cm³/mol. The Morgan fingerprint density at radius 1 is 1.25 bits per heavy atom. The molecule has 2 saturated heterocycles. The quantitative estimate of drug-likeness (QED) is 0.643. The first-order chi connectivity index (χ1) is 9.67. The van der Waals surface area contributed by atoms with Crippen molar-refractivity contribution in [1.29, 1.82) is 0 Å². The molecule has 114 valence electrons. The standard InChI is InChI=1S/C14H24N2O4/c1-3-19-13(20-4-2)7-9-15-10-12(17)16-8-5-6-11(16)14(15)18/h11,13H,3-10H2,1-2H3. The molecule has 0 saturated carbocycles. The average Bonchev–Trinajstić information content (AvgIpc) is 2.91. The number of piperazine rings is 1. The fourth-order valence-electron chi connectivity index (χ4n) is 2.90. The number of nitrogens with zero attached hydrogens (tertiary/aromatic N) is 2. The highest BCUT2D eigenvalue weighted by Gasteiger charge is 2.41. The van der Waals surface area contributed by atoms with Crippen molar-refractivity contribution in [3.63, 3.8) is 0 Å². The summed E-state index contributed by atoms with van der Waals surface area (Å²) in [5.41, 5.74) is 0. The highest BCUT2D eigenvalue weighted by molar-refractivity contribution is 5.95. The van der Waals surface area contributed by atoms with Gasteiger partial charge in [-0.3, -0.25) is 9.59 Å². The Labute approximate surface area is 120 Å². The summed E-state index contributed by atoms with van der Waals surface area (Å²) in [4.78, 5) is 27.7. The van der Waals surface area contributed by atoms with E-state index in [2.05, 4.69) is 0 Å². The smallest absolute Gasteiger partial charge is 0.245 e. The van der Waals surface area contributed by atoms with Gasteiger partial charge in [0.25, 0.3) is 0 Å². The number of amides is 2. The second kappa shape index (κ2) is 7.04. The average molecular weight is 284 g/mol. The molecule has 2 amide bonds. The van der Waals surface area contributed by atoms with E-state index in [1.807, 2.05) is 13.8 Å². The predicted octanol–water partition coefficient (Wildman–Crippen LogP) is 0.609. The second-order valence-electron chi connectivity index (χ2n) is 5.13. The maximum Gasteiger partial charge on any atom is 0.245 e. The normalized spacial score (nSPS) is 22.9. The van der Waals surface area contributed by atoms with Gasteiger partial charge in [0.2, 0.25) is 11.8 Å². The summed E-state index contributed by atoms with van der Waals surface area (Å²) in [5.74, 6) is 0.144. The topological polar surface area (TPSA) is 59.1 Å².